The van der Waals surface area contributed by atoms with Crippen LogP contribution in [0.3, 0.4) is 0 Å². The lowest BCUT2D eigenvalue weighted by atomic mass is 10.0. The second-order valence-corrected chi connectivity index (χ2v) is 7.67. The molecule has 2 aromatic rings. The second kappa shape index (κ2) is 11.9. The van der Waals surface area contributed by atoms with Crippen LogP contribution in [0.4, 0.5) is 0 Å². The van der Waals surface area contributed by atoms with Gasteiger partial charge in [0.05, 0.1) is 6.61 Å². The molecule has 0 aromatic heterocycles. The van der Waals surface area contributed by atoms with Crippen LogP contribution in [0.1, 0.15) is 50.3 Å². The third-order valence-electron chi connectivity index (χ3n) is 4.45. The highest BCUT2D eigenvalue weighted by Gasteiger charge is 2.22. The van der Waals surface area contributed by atoms with Crippen molar-refractivity contribution in [3.8, 4) is 5.75 Å². The van der Waals surface area contributed by atoms with E-state index in [1.807, 2.05) is 75.4 Å². The first-order valence-corrected chi connectivity index (χ1v) is 10.3. The largest absolute Gasteiger partial charge is 0.494 e. The fourth-order valence-corrected chi connectivity index (χ4v) is 2.90. The molecule has 1 atom stereocenters. The van der Waals surface area contributed by atoms with Crippen LogP contribution in [-0.2, 0) is 9.59 Å². The Balaban J connectivity index is 1.78. The molecule has 2 rings (SSSR count). The van der Waals surface area contributed by atoms with Crippen molar-refractivity contribution in [3.63, 3.8) is 0 Å². The molecule has 1 unspecified atom stereocenters. The Morgan fingerprint density at radius 2 is 1.66 bits per heavy atom. The number of hydrogen-bond acceptors (Lipinski definition) is 3. The predicted molar refractivity (Wildman–Crippen MR) is 116 cm³/mol. The van der Waals surface area contributed by atoms with E-state index in [1.54, 1.807) is 0 Å². The zero-order chi connectivity index (χ0) is 21.1. The maximum Gasteiger partial charge on any atom is 0.247 e. The molecule has 0 radical (unpaired) electrons. The minimum Gasteiger partial charge on any atom is -0.494 e. The Morgan fingerprint density at radius 1 is 0.966 bits per heavy atom. The van der Waals surface area contributed by atoms with Crippen LogP contribution < -0.4 is 15.4 Å². The summed E-state index contributed by atoms with van der Waals surface area (Å²) in [6.45, 7) is 7.15. The molecule has 0 aliphatic rings. The Bertz CT molecular complexity index is 757. The molecule has 0 aliphatic heterocycles. The average Bonchev–Trinajstić information content (AvgIpc) is 2.70. The van der Waals surface area contributed by atoms with Crippen molar-refractivity contribution >= 4 is 11.8 Å². The topological polar surface area (TPSA) is 67.4 Å². The average molecular weight is 397 g/mol. The summed E-state index contributed by atoms with van der Waals surface area (Å²) in [5.74, 6) is 0.794. The van der Waals surface area contributed by atoms with Crippen molar-refractivity contribution in [3.05, 3.63) is 65.7 Å². The van der Waals surface area contributed by atoms with E-state index in [0.29, 0.717) is 19.6 Å². The maximum absolute atomic E-state index is 12.7. The summed E-state index contributed by atoms with van der Waals surface area (Å²) >= 11 is 0. The molecule has 2 amide bonds. The van der Waals surface area contributed by atoms with Gasteiger partial charge in [-0.25, -0.2) is 0 Å². The Labute approximate surface area is 173 Å². The van der Waals surface area contributed by atoms with Gasteiger partial charge < -0.3 is 15.4 Å². The van der Waals surface area contributed by atoms with Crippen LogP contribution in [0.5, 0.6) is 5.75 Å². The molecule has 0 fully saturated rings. The normalized spacial score (nSPS) is 11.7. The van der Waals surface area contributed by atoms with Gasteiger partial charge in [0.2, 0.25) is 11.8 Å². The second-order valence-electron chi connectivity index (χ2n) is 7.67. The van der Waals surface area contributed by atoms with E-state index in [-0.39, 0.29) is 17.7 Å². The first kappa shape index (κ1) is 22.5. The Kier molecular flexibility index (Phi) is 9.22. The lowest BCUT2D eigenvalue weighted by molar-refractivity contribution is -0.129. The lowest BCUT2D eigenvalue weighted by Crippen LogP contribution is -2.41. The zero-order valence-electron chi connectivity index (χ0n) is 17.6. The SMILES string of the molecule is Cc1ccc(OCCCCNC(=O)C(NC(=O)CC(C)C)c2ccccc2)cc1. The van der Waals surface area contributed by atoms with Gasteiger partial charge in [-0.05, 0) is 43.4 Å². The standard InChI is InChI=1S/C24H32N2O3/c1-18(2)17-22(27)26-23(20-9-5-4-6-10-20)24(28)25-15-7-8-16-29-21-13-11-19(3)12-14-21/h4-6,9-14,18,23H,7-8,15-17H2,1-3H3,(H,25,28)(H,26,27). The van der Waals surface area contributed by atoms with Crippen LogP contribution >= 0.6 is 0 Å². The van der Waals surface area contributed by atoms with E-state index < -0.39 is 6.04 Å². The number of amides is 2. The molecule has 0 saturated heterocycles. The number of ether oxygens (including phenoxy) is 1. The number of nitrogens with one attached hydrogen (secondary N) is 2. The van der Waals surface area contributed by atoms with Gasteiger partial charge in [0.25, 0.3) is 0 Å². The van der Waals surface area contributed by atoms with Crippen LogP contribution in [-0.4, -0.2) is 25.0 Å². The smallest absolute Gasteiger partial charge is 0.247 e. The van der Waals surface area contributed by atoms with Crippen molar-refractivity contribution in [2.45, 2.75) is 46.1 Å². The Morgan fingerprint density at radius 3 is 2.31 bits per heavy atom. The van der Waals surface area contributed by atoms with Crippen LogP contribution in [0, 0.1) is 12.8 Å². The van der Waals surface area contributed by atoms with Crippen LogP contribution in [0.25, 0.3) is 0 Å². The molecule has 5 nitrogen and oxygen atoms in total. The van der Waals surface area contributed by atoms with Crippen LogP contribution in [0.15, 0.2) is 54.6 Å². The monoisotopic (exact) mass is 396 g/mol. The summed E-state index contributed by atoms with van der Waals surface area (Å²) in [6.07, 6.45) is 2.04. The van der Waals surface area contributed by atoms with Gasteiger partial charge in [-0.3, -0.25) is 9.59 Å². The molecule has 29 heavy (non-hydrogen) atoms. The van der Waals surface area contributed by atoms with Crippen molar-refractivity contribution in [1.82, 2.24) is 10.6 Å². The third-order valence-corrected chi connectivity index (χ3v) is 4.45. The molecule has 0 heterocycles. The molecule has 2 N–H and O–H groups in total. The summed E-state index contributed by atoms with van der Waals surface area (Å²) in [7, 11) is 0. The summed E-state index contributed by atoms with van der Waals surface area (Å²) in [4.78, 5) is 24.9. The highest BCUT2D eigenvalue weighted by atomic mass is 16.5. The van der Waals surface area contributed by atoms with E-state index in [2.05, 4.69) is 10.6 Å². The first-order chi connectivity index (χ1) is 14.0. The minimum absolute atomic E-state index is 0.115. The molecule has 156 valence electrons. The lowest BCUT2D eigenvalue weighted by Gasteiger charge is -2.19. The molecular weight excluding hydrogens is 364 g/mol. The van der Waals surface area contributed by atoms with E-state index in [4.69, 9.17) is 4.74 Å². The number of hydrogen-bond donors (Lipinski definition) is 2. The minimum atomic E-state index is -0.675. The summed E-state index contributed by atoms with van der Waals surface area (Å²) in [5.41, 5.74) is 1.98. The van der Waals surface area contributed by atoms with E-state index in [1.165, 1.54) is 5.56 Å². The van der Waals surface area contributed by atoms with Crippen molar-refractivity contribution in [1.29, 1.82) is 0 Å². The van der Waals surface area contributed by atoms with Gasteiger partial charge in [0, 0.05) is 13.0 Å². The van der Waals surface area contributed by atoms with Crippen molar-refractivity contribution in [2.75, 3.05) is 13.2 Å². The van der Waals surface area contributed by atoms with Gasteiger partial charge in [-0.15, -0.1) is 0 Å². The predicted octanol–water partition coefficient (Wildman–Crippen LogP) is 4.17. The Hall–Kier alpha value is -2.82. The van der Waals surface area contributed by atoms with Gasteiger partial charge in [0.1, 0.15) is 11.8 Å². The summed E-state index contributed by atoms with van der Waals surface area (Å²) < 4.78 is 5.70. The van der Waals surface area contributed by atoms with E-state index >= 15 is 0 Å². The number of benzene rings is 2. The summed E-state index contributed by atoms with van der Waals surface area (Å²) in [5, 5.41) is 5.80. The third kappa shape index (κ3) is 8.38. The molecule has 0 spiro atoms. The number of carbonyl (C=O) groups excluding carboxylic acids is 2. The van der Waals surface area contributed by atoms with Crippen molar-refractivity contribution < 1.29 is 14.3 Å². The van der Waals surface area contributed by atoms with E-state index in [0.717, 1.165) is 24.2 Å². The molecule has 0 saturated carbocycles. The molecule has 0 aliphatic carbocycles. The van der Waals surface area contributed by atoms with Gasteiger partial charge in [-0.1, -0.05) is 61.9 Å². The van der Waals surface area contributed by atoms with Gasteiger partial charge in [0.15, 0.2) is 0 Å². The fraction of sp³-hybridized carbons (Fsp3) is 0.417. The maximum atomic E-state index is 12.7. The highest BCUT2D eigenvalue weighted by molar-refractivity contribution is 5.88. The number of unbranched alkanes of at least 4 members (excludes halogenated alkanes) is 1. The zero-order valence-corrected chi connectivity index (χ0v) is 17.6. The highest BCUT2D eigenvalue weighted by Crippen LogP contribution is 2.14. The number of carbonyl (C=O) groups is 2. The first-order valence-electron chi connectivity index (χ1n) is 10.3. The van der Waals surface area contributed by atoms with Gasteiger partial charge in [-0.2, -0.15) is 0 Å². The quantitative estimate of drug-likeness (QED) is 0.560. The number of aryl methyl sites for hydroxylation is 1. The number of rotatable bonds is 11. The molecule has 2 aromatic carbocycles. The summed E-state index contributed by atoms with van der Waals surface area (Å²) in [6, 6.07) is 16.6. The molecular formula is C24H32N2O3. The fourth-order valence-electron chi connectivity index (χ4n) is 2.90. The molecule has 5 heteroatoms. The van der Waals surface area contributed by atoms with E-state index in [9.17, 15) is 9.59 Å². The van der Waals surface area contributed by atoms with Crippen LogP contribution in [0.2, 0.25) is 0 Å². The molecule has 0 bridgehead atoms. The van der Waals surface area contributed by atoms with Crippen molar-refractivity contribution in [2.24, 2.45) is 5.92 Å². The van der Waals surface area contributed by atoms with Gasteiger partial charge >= 0.3 is 0 Å².